The van der Waals surface area contributed by atoms with Gasteiger partial charge < -0.3 is 19.6 Å². The van der Waals surface area contributed by atoms with Crippen molar-refractivity contribution in [2.75, 3.05) is 26.4 Å². The van der Waals surface area contributed by atoms with Crippen LogP contribution in [-0.4, -0.2) is 44.1 Å². The second kappa shape index (κ2) is 7.97. The summed E-state index contributed by atoms with van der Waals surface area (Å²) in [4.78, 5) is 17.4. The van der Waals surface area contributed by atoms with Gasteiger partial charge in [0.25, 0.3) is 5.91 Å². The summed E-state index contributed by atoms with van der Waals surface area (Å²) in [6.45, 7) is 2.58. The van der Waals surface area contributed by atoms with Crippen molar-refractivity contribution in [2.45, 2.75) is 25.4 Å². The number of amides is 1. The molecule has 0 aliphatic carbocycles. The minimum Gasteiger partial charge on any atom is -0.490 e. The Kier molecular flexibility index (Phi) is 5.47. The number of benzene rings is 1. The molecule has 0 bridgehead atoms. The first-order valence-corrected chi connectivity index (χ1v) is 8.08. The van der Waals surface area contributed by atoms with E-state index in [2.05, 4.69) is 10.5 Å². The van der Waals surface area contributed by atoms with Crippen molar-refractivity contribution in [1.82, 2.24) is 5.32 Å². The van der Waals surface area contributed by atoms with Crippen molar-refractivity contribution >= 4 is 11.6 Å². The number of ether oxygens (including phenoxy) is 2. The quantitative estimate of drug-likeness (QED) is 0.867. The van der Waals surface area contributed by atoms with Gasteiger partial charge in [0.05, 0.1) is 6.61 Å². The van der Waals surface area contributed by atoms with Gasteiger partial charge in [-0.2, -0.15) is 0 Å². The number of nitrogens with one attached hydrogen (secondary N) is 1. The van der Waals surface area contributed by atoms with Crippen LogP contribution in [0.4, 0.5) is 0 Å². The fourth-order valence-corrected chi connectivity index (χ4v) is 2.59. The number of oxime groups is 1. The largest absolute Gasteiger partial charge is 0.490 e. The van der Waals surface area contributed by atoms with E-state index in [4.69, 9.17) is 14.3 Å². The Bertz CT molecular complexity index is 541. The Morgan fingerprint density at radius 1 is 1.30 bits per heavy atom. The molecule has 2 aliphatic heterocycles. The van der Waals surface area contributed by atoms with E-state index in [9.17, 15) is 4.79 Å². The van der Waals surface area contributed by atoms with E-state index in [1.54, 1.807) is 0 Å². The van der Waals surface area contributed by atoms with Gasteiger partial charge in [0.2, 0.25) is 0 Å². The molecule has 23 heavy (non-hydrogen) atoms. The maximum absolute atomic E-state index is 12.0. The highest BCUT2D eigenvalue weighted by Gasteiger charge is 2.24. The highest BCUT2D eigenvalue weighted by atomic mass is 16.7. The summed E-state index contributed by atoms with van der Waals surface area (Å²) in [5.74, 6) is 1.08. The summed E-state index contributed by atoms with van der Waals surface area (Å²) in [5.41, 5.74) is 0.458. The lowest BCUT2D eigenvalue weighted by Crippen LogP contribution is -2.37. The lowest BCUT2D eigenvalue weighted by molar-refractivity contribution is -0.115. The zero-order valence-electron chi connectivity index (χ0n) is 13.1. The lowest BCUT2D eigenvalue weighted by Gasteiger charge is -2.21. The third-order valence-corrected chi connectivity index (χ3v) is 4.03. The fourth-order valence-electron chi connectivity index (χ4n) is 2.59. The normalized spacial score (nSPS) is 23.7. The topological polar surface area (TPSA) is 69.2 Å². The molecule has 0 spiro atoms. The first kappa shape index (κ1) is 15.8. The van der Waals surface area contributed by atoms with Gasteiger partial charge in [-0.1, -0.05) is 23.4 Å². The van der Waals surface area contributed by atoms with E-state index in [1.165, 1.54) is 0 Å². The number of nitrogens with zero attached hydrogens (tertiary/aromatic N) is 1. The maximum atomic E-state index is 12.0. The highest BCUT2D eigenvalue weighted by Crippen LogP contribution is 2.15. The van der Waals surface area contributed by atoms with E-state index in [1.807, 2.05) is 30.3 Å². The molecule has 2 atom stereocenters. The Balaban J connectivity index is 1.39. The van der Waals surface area contributed by atoms with Gasteiger partial charge in [0.1, 0.15) is 18.1 Å². The summed E-state index contributed by atoms with van der Waals surface area (Å²) >= 11 is 0. The van der Waals surface area contributed by atoms with Crippen LogP contribution in [0.1, 0.15) is 19.3 Å². The van der Waals surface area contributed by atoms with E-state index in [-0.39, 0.29) is 12.0 Å². The van der Waals surface area contributed by atoms with Crippen LogP contribution < -0.4 is 10.1 Å². The molecular formula is C17H22N2O4. The van der Waals surface area contributed by atoms with Crippen molar-refractivity contribution < 1.29 is 19.1 Å². The first-order chi connectivity index (χ1) is 11.3. The van der Waals surface area contributed by atoms with Gasteiger partial charge in [-0.15, -0.1) is 0 Å². The minimum absolute atomic E-state index is 0.116. The SMILES string of the molecule is O=C(NCC1CCOC1)C1=NOC(COc2ccccc2)CC1. The molecule has 6 heteroatoms. The summed E-state index contributed by atoms with van der Waals surface area (Å²) in [6, 6.07) is 9.59. The molecule has 124 valence electrons. The number of hydrogen-bond donors (Lipinski definition) is 1. The van der Waals surface area contributed by atoms with Crippen molar-refractivity contribution in [3.8, 4) is 5.75 Å². The number of para-hydroxylation sites is 1. The number of hydrogen-bond acceptors (Lipinski definition) is 5. The van der Waals surface area contributed by atoms with Crippen LogP contribution >= 0.6 is 0 Å². The number of rotatable bonds is 6. The van der Waals surface area contributed by atoms with E-state index < -0.39 is 0 Å². The standard InChI is InChI=1S/C17H22N2O4/c20-17(18-10-13-8-9-21-11-13)16-7-6-15(23-19-16)12-22-14-4-2-1-3-5-14/h1-5,13,15H,6-12H2,(H,18,20). The molecule has 3 rings (SSSR count). The smallest absolute Gasteiger partial charge is 0.269 e. The second-order valence-corrected chi connectivity index (χ2v) is 5.87. The van der Waals surface area contributed by atoms with Crippen molar-refractivity contribution in [3.63, 3.8) is 0 Å². The predicted octanol–water partition coefficient (Wildman–Crippen LogP) is 1.75. The Labute approximate surface area is 135 Å². The van der Waals surface area contributed by atoms with Gasteiger partial charge in [0.15, 0.2) is 6.10 Å². The second-order valence-electron chi connectivity index (χ2n) is 5.87. The summed E-state index contributed by atoms with van der Waals surface area (Å²) in [6.07, 6.45) is 2.22. The van der Waals surface area contributed by atoms with Crippen LogP contribution in [0.5, 0.6) is 5.75 Å². The van der Waals surface area contributed by atoms with Gasteiger partial charge in [-0.3, -0.25) is 4.79 Å². The molecule has 2 aliphatic rings. The molecule has 1 fully saturated rings. The van der Waals surface area contributed by atoms with Gasteiger partial charge in [-0.05, 0) is 25.0 Å². The predicted molar refractivity (Wildman–Crippen MR) is 85.4 cm³/mol. The molecule has 0 aromatic heterocycles. The van der Waals surface area contributed by atoms with Crippen LogP contribution in [0, 0.1) is 5.92 Å². The average molecular weight is 318 g/mol. The Morgan fingerprint density at radius 3 is 2.87 bits per heavy atom. The zero-order chi connectivity index (χ0) is 15.9. The van der Waals surface area contributed by atoms with Crippen LogP contribution in [-0.2, 0) is 14.4 Å². The van der Waals surface area contributed by atoms with Crippen LogP contribution in [0.3, 0.4) is 0 Å². The van der Waals surface area contributed by atoms with E-state index >= 15 is 0 Å². The number of carbonyl (C=O) groups is 1. The fraction of sp³-hybridized carbons (Fsp3) is 0.529. The zero-order valence-corrected chi connectivity index (χ0v) is 13.1. The monoisotopic (exact) mass is 318 g/mol. The molecule has 0 saturated carbocycles. The number of carbonyl (C=O) groups excluding carboxylic acids is 1. The van der Waals surface area contributed by atoms with Gasteiger partial charge >= 0.3 is 0 Å². The average Bonchev–Trinajstić information content (AvgIpc) is 3.13. The molecule has 2 heterocycles. The third kappa shape index (κ3) is 4.69. The molecule has 1 saturated heterocycles. The first-order valence-electron chi connectivity index (χ1n) is 8.08. The van der Waals surface area contributed by atoms with Gasteiger partial charge in [-0.25, -0.2) is 0 Å². The van der Waals surface area contributed by atoms with E-state index in [0.717, 1.165) is 31.8 Å². The lowest BCUT2D eigenvalue weighted by atomic mass is 10.1. The van der Waals surface area contributed by atoms with Gasteiger partial charge in [0, 0.05) is 25.5 Å². The summed E-state index contributed by atoms with van der Waals surface area (Å²) < 4.78 is 10.9. The maximum Gasteiger partial charge on any atom is 0.269 e. The Morgan fingerprint density at radius 2 is 2.17 bits per heavy atom. The minimum atomic E-state index is -0.140. The molecule has 1 amide bonds. The molecule has 1 aromatic carbocycles. The molecule has 1 N–H and O–H groups in total. The van der Waals surface area contributed by atoms with Crippen LogP contribution in [0.2, 0.25) is 0 Å². The summed E-state index contributed by atoms with van der Waals surface area (Å²) in [7, 11) is 0. The highest BCUT2D eigenvalue weighted by molar-refractivity contribution is 6.38. The van der Waals surface area contributed by atoms with E-state index in [0.29, 0.717) is 31.2 Å². The van der Waals surface area contributed by atoms with Crippen molar-refractivity contribution in [2.24, 2.45) is 11.1 Å². The molecule has 6 nitrogen and oxygen atoms in total. The molecule has 2 unspecified atom stereocenters. The third-order valence-electron chi connectivity index (χ3n) is 4.03. The van der Waals surface area contributed by atoms with Crippen molar-refractivity contribution in [1.29, 1.82) is 0 Å². The molecular weight excluding hydrogens is 296 g/mol. The molecule has 0 radical (unpaired) electrons. The summed E-state index contributed by atoms with van der Waals surface area (Å²) in [5, 5.41) is 6.87. The Hall–Kier alpha value is -2.08. The molecule has 1 aromatic rings. The van der Waals surface area contributed by atoms with Crippen LogP contribution in [0.25, 0.3) is 0 Å². The van der Waals surface area contributed by atoms with Crippen molar-refractivity contribution in [3.05, 3.63) is 30.3 Å². The van der Waals surface area contributed by atoms with Crippen LogP contribution in [0.15, 0.2) is 35.5 Å².